The van der Waals surface area contributed by atoms with Crippen LogP contribution < -0.4 is 5.32 Å². The SMILES string of the molecule is C=CCC1(F)CNCCC1O. The van der Waals surface area contributed by atoms with E-state index in [-0.39, 0.29) is 13.0 Å². The fourth-order valence-electron chi connectivity index (χ4n) is 1.36. The molecule has 1 aliphatic rings. The second-order valence-electron chi connectivity index (χ2n) is 3.01. The van der Waals surface area contributed by atoms with Crippen molar-refractivity contribution in [1.82, 2.24) is 5.32 Å². The fraction of sp³-hybridized carbons (Fsp3) is 0.750. The number of piperidine rings is 1. The van der Waals surface area contributed by atoms with E-state index in [0.29, 0.717) is 13.0 Å². The van der Waals surface area contributed by atoms with E-state index < -0.39 is 11.8 Å². The zero-order valence-electron chi connectivity index (χ0n) is 6.52. The van der Waals surface area contributed by atoms with E-state index in [1.54, 1.807) is 0 Å². The highest BCUT2D eigenvalue weighted by molar-refractivity contribution is 4.97. The molecule has 1 rings (SSSR count). The predicted molar refractivity (Wildman–Crippen MR) is 42.1 cm³/mol. The van der Waals surface area contributed by atoms with Crippen LogP contribution in [-0.2, 0) is 0 Å². The first kappa shape index (κ1) is 8.68. The molecule has 1 aliphatic heterocycles. The highest BCUT2D eigenvalue weighted by atomic mass is 19.1. The number of aliphatic hydroxyl groups excluding tert-OH is 1. The summed E-state index contributed by atoms with van der Waals surface area (Å²) in [6.45, 7) is 4.39. The van der Waals surface area contributed by atoms with Crippen LogP contribution in [0.4, 0.5) is 4.39 Å². The van der Waals surface area contributed by atoms with Gasteiger partial charge >= 0.3 is 0 Å². The Morgan fingerprint density at radius 1 is 1.82 bits per heavy atom. The highest BCUT2D eigenvalue weighted by Crippen LogP contribution is 2.25. The van der Waals surface area contributed by atoms with Crippen molar-refractivity contribution < 1.29 is 9.50 Å². The summed E-state index contributed by atoms with van der Waals surface area (Å²) in [6, 6.07) is 0. The molecule has 11 heavy (non-hydrogen) atoms. The largest absolute Gasteiger partial charge is 0.390 e. The molecule has 0 aromatic carbocycles. The Balaban J connectivity index is 2.56. The number of hydrogen-bond acceptors (Lipinski definition) is 2. The lowest BCUT2D eigenvalue weighted by Crippen LogP contribution is -2.52. The molecule has 0 bridgehead atoms. The van der Waals surface area contributed by atoms with Crippen molar-refractivity contribution in [1.29, 1.82) is 0 Å². The molecule has 2 N–H and O–H groups in total. The monoisotopic (exact) mass is 159 g/mol. The molecule has 0 aromatic heterocycles. The lowest BCUT2D eigenvalue weighted by atomic mass is 9.90. The van der Waals surface area contributed by atoms with Crippen LogP contribution in [0.3, 0.4) is 0 Å². The summed E-state index contributed by atoms with van der Waals surface area (Å²) in [4.78, 5) is 0. The van der Waals surface area contributed by atoms with Gasteiger partial charge in [0.1, 0.15) is 0 Å². The second-order valence-corrected chi connectivity index (χ2v) is 3.01. The third-order valence-corrected chi connectivity index (χ3v) is 2.09. The van der Waals surface area contributed by atoms with E-state index in [9.17, 15) is 9.50 Å². The molecule has 1 fully saturated rings. The molecule has 2 unspecified atom stereocenters. The van der Waals surface area contributed by atoms with Gasteiger partial charge in [-0.25, -0.2) is 4.39 Å². The molecule has 1 saturated heterocycles. The summed E-state index contributed by atoms with van der Waals surface area (Å²) >= 11 is 0. The van der Waals surface area contributed by atoms with E-state index in [1.807, 2.05) is 0 Å². The van der Waals surface area contributed by atoms with E-state index in [4.69, 9.17) is 0 Å². The molecule has 2 nitrogen and oxygen atoms in total. The second kappa shape index (κ2) is 3.32. The lowest BCUT2D eigenvalue weighted by molar-refractivity contribution is -0.0272. The van der Waals surface area contributed by atoms with Crippen LogP contribution in [0.1, 0.15) is 12.8 Å². The molecular formula is C8H14FNO. The van der Waals surface area contributed by atoms with Crippen LogP contribution in [0, 0.1) is 0 Å². The Hall–Kier alpha value is -0.410. The van der Waals surface area contributed by atoms with Crippen molar-refractivity contribution in [3.8, 4) is 0 Å². The van der Waals surface area contributed by atoms with Gasteiger partial charge in [0.05, 0.1) is 6.10 Å². The first-order valence-electron chi connectivity index (χ1n) is 3.87. The molecule has 0 spiro atoms. The Morgan fingerprint density at radius 3 is 3.09 bits per heavy atom. The van der Waals surface area contributed by atoms with Gasteiger partial charge in [0.2, 0.25) is 0 Å². The number of nitrogens with one attached hydrogen (secondary N) is 1. The molecule has 64 valence electrons. The van der Waals surface area contributed by atoms with Crippen molar-refractivity contribution in [3.05, 3.63) is 12.7 Å². The van der Waals surface area contributed by atoms with E-state index >= 15 is 0 Å². The number of aliphatic hydroxyl groups is 1. The summed E-state index contributed by atoms with van der Waals surface area (Å²) in [5, 5.41) is 12.2. The van der Waals surface area contributed by atoms with Crippen LogP contribution in [0.25, 0.3) is 0 Å². The third kappa shape index (κ3) is 1.79. The van der Waals surface area contributed by atoms with Crippen molar-refractivity contribution in [2.24, 2.45) is 0 Å². The number of halogens is 1. The van der Waals surface area contributed by atoms with Gasteiger partial charge in [-0.2, -0.15) is 0 Å². The minimum atomic E-state index is -1.49. The summed E-state index contributed by atoms with van der Waals surface area (Å²) in [6.07, 6.45) is 1.39. The number of alkyl halides is 1. The van der Waals surface area contributed by atoms with Gasteiger partial charge in [0.25, 0.3) is 0 Å². The molecule has 1 heterocycles. The van der Waals surface area contributed by atoms with Crippen LogP contribution in [0.2, 0.25) is 0 Å². The van der Waals surface area contributed by atoms with Crippen molar-refractivity contribution in [2.45, 2.75) is 24.6 Å². The molecule has 2 atom stereocenters. The van der Waals surface area contributed by atoms with Gasteiger partial charge in [-0.1, -0.05) is 6.08 Å². The smallest absolute Gasteiger partial charge is 0.152 e. The first-order chi connectivity index (χ1) is 5.19. The Morgan fingerprint density at radius 2 is 2.55 bits per heavy atom. The minimum absolute atomic E-state index is 0.223. The first-order valence-corrected chi connectivity index (χ1v) is 3.87. The number of rotatable bonds is 2. The average molecular weight is 159 g/mol. The van der Waals surface area contributed by atoms with Gasteiger partial charge in [0, 0.05) is 13.0 Å². The molecule has 0 amide bonds. The standard InChI is InChI=1S/C8H14FNO/c1-2-4-8(9)6-10-5-3-7(8)11/h2,7,10-11H,1,3-6H2. The van der Waals surface area contributed by atoms with Crippen molar-refractivity contribution in [2.75, 3.05) is 13.1 Å². The van der Waals surface area contributed by atoms with E-state index in [1.165, 1.54) is 6.08 Å². The van der Waals surface area contributed by atoms with Crippen molar-refractivity contribution >= 4 is 0 Å². The quantitative estimate of drug-likeness (QED) is 0.579. The van der Waals surface area contributed by atoms with Gasteiger partial charge in [-0.3, -0.25) is 0 Å². The van der Waals surface area contributed by atoms with E-state index in [0.717, 1.165) is 0 Å². The molecule has 0 saturated carbocycles. The predicted octanol–water partition coefficient (Wildman–Crippen LogP) is 0.625. The highest BCUT2D eigenvalue weighted by Gasteiger charge is 2.38. The summed E-state index contributed by atoms with van der Waals surface area (Å²) in [7, 11) is 0. The van der Waals surface area contributed by atoms with Gasteiger partial charge in [-0.05, 0) is 13.0 Å². The minimum Gasteiger partial charge on any atom is -0.390 e. The van der Waals surface area contributed by atoms with Gasteiger partial charge in [0.15, 0.2) is 5.67 Å². The number of hydrogen-bond donors (Lipinski definition) is 2. The topological polar surface area (TPSA) is 32.3 Å². The normalized spacial score (nSPS) is 38.5. The molecule has 0 aliphatic carbocycles. The zero-order chi connectivity index (χ0) is 8.32. The molecule has 3 heteroatoms. The maximum atomic E-state index is 13.6. The lowest BCUT2D eigenvalue weighted by Gasteiger charge is -2.34. The molecule has 0 aromatic rings. The van der Waals surface area contributed by atoms with Crippen molar-refractivity contribution in [3.63, 3.8) is 0 Å². The van der Waals surface area contributed by atoms with E-state index in [2.05, 4.69) is 11.9 Å². The molecule has 0 radical (unpaired) electrons. The molecular weight excluding hydrogens is 145 g/mol. The third-order valence-electron chi connectivity index (χ3n) is 2.09. The maximum absolute atomic E-state index is 13.6. The Bertz CT molecular complexity index is 151. The van der Waals surface area contributed by atoms with Gasteiger partial charge < -0.3 is 10.4 Å². The van der Waals surface area contributed by atoms with Crippen LogP contribution in [0.5, 0.6) is 0 Å². The Kier molecular flexibility index (Phi) is 2.62. The maximum Gasteiger partial charge on any atom is 0.152 e. The van der Waals surface area contributed by atoms with Crippen LogP contribution in [0.15, 0.2) is 12.7 Å². The zero-order valence-corrected chi connectivity index (χ0v) is 6.52. The summed E-state index contributed by atoms with van der Waals surface area (Å²) < 4.78 is 13.6. The van der Waals surface area contributed by atoms with Crippen LogP contribution >= 0.6 is 0 Å². The summed E-state index contributed by atoms with van der Waals surface area (Å²) in [5.41, 5.74) is -1.49. The van der Waals surface area contributed by atoms with Gasteiger partial charge in [-0.15, -0.1) is 6.58 Å². The average Bonchev–Trinajstić information content (AvgIpc) is 1.96. The fourth-order valence-corrected chi connectivity index (χ4v) is 1.36. The van der Waals surface area contributed by atoms with Crippen LogP contribution in [-0.4, -0.2) is 30.0 Å². The number of allylic oxidation sites excluding steroid dienone is 1. The Labute approximate surface area is 66.1 Å². The summed E-state index contributed by atoms with van der Waals surface area (Å²) in [5.74, 6) is 0.